The van der Waals surface area contributed by atoms with Crippen LogP contribution in [0.15, 0.2) is 72.8 Å². The first kappa shape index (κ1) is 19.1. The maximum Gasteiger partial charge on any atom is 0.272 e. The molecule has 1 amide bonds. The first-order chi connectivity index (χ1) is 14.1. The van der Waals surface area contributed by atoms with Crippen LogP contribution < -0.4 is 10.1 Å². The fourth-order valence-electron chi connectivity index (χ4n) is 3.57. The molecule has 0 radical (unpaired) electrons. The van der Waals surface area contributed by atoms with Crippen LogP contribution in [0, 0.1) is 6.92 Å². The van der Waals surface area contributed by atoms with E-state index < -0.39 is 0 Å². The number of hydrogen-bond donors (Lipinski definition) is 1. The van der Waals surface area contributed by atoms with Crippen molar-refractivity contribution < 1.29 is 9.53 Å². The third-order valence-corrected chi connectivity index (χ3v) is 5.15. The standard InChI is InChI=1S/C24H21ClN2O2/c1-3-27-21-14-13-17(25)15-19(21)16(2)23(27)24(28)26-20-11-7-8-12-22(20)29-18-9-5-4-6-10-18/h4-15H,3H2,1-2H3,(H,26,28). The van der Waals surface area contributed by atoms with Gasteiger partial charge in [0.15, 0.2) is 5.75 Å². The summed E-state index contributed by atoms with van der Waals surface area (Å²) in [5.41, 5.74) is 3.14. The number of hydrogen-bond acceptors (Lipinski definition) is 2. The first-order valence-corrected chi connectivity index (χ1v) is 9.88. The van der Waals surface area contributed by atoms with Gasteiger partial charge in [0.2, 0.25) is 0 Å². The number of fused-ring (bicyclic) bond motifs is 1. The molecule has 146 valence electrons. The number of aromatic nitrogens is 1. The summed E-state index contributed by atoms with van der Waals surface area (Å²) in [6.07, 6.45) is 0. The highest BCUT2D eigenvalue weighted by Crippen LogP contribution is 2.32. The highest BCUT2D eigenvalue weighted by Gasteiger charge is 2.21. The molecule has 5 heteroatoms. The fraction of sp³-hybridized carbons (Fsp3) is 0.125. The van der Waals surface area contributed by atoms with Crippen LogP contribution in [0.5, 0.6) is 11.5 Å². The first-order valence-electron chi connectivity index (χ1n) is 9.50. The van der Waals surface area contributed by atoms with E-state index in [1.165, 1.54) is 0 Å². The molecule has 1 heterocycles. The lowest BCUT2D eigenvalue weighted by Gasteiger charge is -2.14. The molecule has 4 nitrogen and oxygen atoms in total. The summed E-state index contributed by atoms with van der Waals surface area (Å²) in [7, 11) is 0. The molecule has 0 aliphatic heterocycles. The largest absolute Gasteiger partial charge is 0.455 e. The SMILES string of the molecule is CCn1c(C(=O)Nc2ccccc2Oc2ccccc2)c(C)c2cc(Cl)ccc21. The lowest BCUT2D eigenvalue weighted by molar-refractivity contribution is 0.101. The molecule has 0 bridgehead atoms. The van der Waals surface area contributed by atoms with E-state index in [9.17, 15) is 4.79 Å². The predicted molar refractivity (Wildman–Crippen MR) is 118 cm³/mol. The number of aryl methyl sites for hydroxylation is 2. The molecule has 1 aromatic heterocycles. The van der Waals surface area contributed by atoms with Gasteiger partial charge in [-0.2, -0.15) is 0 Å². The Morgan fingerprint density at radius 2 is 1.76 bits per heavy atom. The zero-order chi connectivity index (χ0) is 20.4. The van der Waals surface area contributed by atoms with E-state index >= 15 is 0 Å². The molecule has 0 atom stereocenters. The minimum atomic E-state index is -0.180. The average molecular weight is 405 g/mol. The van der Waals surface area contributed by atoms with Gasteiger partial charge >= 0.3 is 0 Å². The van der Waals surface area contributed by atoms with Crippen molar-refractivity contribution in [1.29, 1.82) is 0 Å². The van der Waals surface area contributed by atoms with E-state index in [-0.39, 0.29) is 5.91 Å². The van der Waals surface area contributed by atoms with Crippen molar-refractivity contribution in [3.05, 3.63) is 89.1 Å². The van der Waals surface area contributed by atoms with Crippen LogP contribution in [0.1, 0.15) is 23.0 Å². The van der Waals surface area contributed by atoms with Crippen molar-refractivity contribution >= 4 is 34.1 Å². The fourth-order valence-corrected chi connectivity index (χ4v) is 3.74. The van der Waals surface area contributed by atoms with Gasteiger partial charge in [0.25, 0.3) is 5.91 Å². The average Bonchev–Trinajstić information content (AvgIpc) is 3.01. The Morgan fingerprint density at radius 1 is 1.03 bits per heavy atom. The van der Waals surface area contributed by atoms with Crippen LogP contribution in [-0.4, -0.2) is 10.5 Å². The van der Waals surface area contributed by atoms with Gasteiger partial charge in [-0.25, -0.2) is 0 Å². The molecule has 0 spiro atoms. The van der Waals surface area contributed by atoms with Crippen LogP contribution in [0.2, 0.25) is 5.02 Å². The number of halogens is 1. The summed E-state index contributed by atoms with van der Waals surface area (Å²) < 4.78 is 7.98. The predicted octanol–water partition coefficient (Wildman–Crippen LogP) is 6.67. The smallest absolute Gasteiger partial charge is 0.272 e. The summed E-state index contributed by atoms with van der Waals surface area (Å²) >= 11 is 6.18. The van der Waals surface area contributed by atoms with Gasteiger partial charge in [-0.15, -0.1) is 0 Å². The van der Waals surface area contributed by atoms with Gasteiger partial charge in [0.1, 0.15) is 11.4 Å². The van der Waals surface area contributed by atoms with Crippen LogP contribution in [-0.2, 0) is 6.54 Å². The van der Waals surface area contributed by atoms with Crippen LogP contribution in [0.4, 0.5) is 5.69 Å². The summed E-state index contributed by atoms with van der Waals surface area (Å²) in [5, 5.41) is 4.66. The second kappa shape index (κ2) is 8.02. The maximum atomic E-state index is 13.3. The molecule has 0 saturated heterocycles. The molecule has 1 N–H and O–H groups in total. The Morgan fingerprint density at radius 3 is 2.52 bits per heavy atom. The summed E-state index contributed by atoms with van der Waals surface area (Å²) in [4.78, 5) is 13.3. The second-order valence-corrected chi connectivity index (χ2v) is 7.18. The van der Waals surface area contributed by atoms with Gasteiger partial charge in [-0.05, 0) is 61.9 Å². The minimum Gasteiger partial charge on any atom is -0.455 e. The molecule has 0 saturated carbocycles. The van der Waals surface area contributed by atoms with E-state index in [4.69, 9.17) is 16.3 Å². The van der Waals surface area contributed by atoms with E-state index in [2.05, 4.69) is 5.32 Å². The third kappa shape index (κ3) is 3.71. The summed E-state index contributed by atoms with van der Waals surface area (Å²) in [6, 6.07) is 22.6. The second-order valence-electron chi connectivity index (χ2n) is 6.74. The van der Waals surface area contributed by atoms with Crippen molar-refractivity contribution in [3.63, 3.8) is 0 Å². The van der Waals surface area contributed by atoms with E-state index in [0.29, 0.717) is 34.4 Å². The Labute approximate surface area is 174 Å². The molecule has 29 heavy (non-hydrogen) atoms. The highest BCUT2D eigenvalue weighted by atomic mass is 35.5. The van der Waals surface area contributed by atoms with Crippen LogP contribution in [0.3, 0.4) is 0 Å². The Bertz CT molecular complexity index is 1180. The molecular formula is C24H21ClN2O2. The highest BCUT2D eigenvalue weighted by molar-refractivity contribution is 6.31. The number of rotatable bonds is 5. The number of nitrogens with zero attached hydrogens (tertiary/aromatic N) is 1. The third-order valence-electron chi connectivity index (χ3n) is 4.92. The van der Waals surface area contributed by atoms with E-state index in [0.717, 1.165) is 16.5 Å². The quantitative estimate of drug-likeness (QED) is 0.403. The maximum absolute atomic E-state index is 13.3. The van der Waals surface area contributed by atoms with Crippen LogP contribution >= 0.6 is 11.6 Å². The number of benzene rings is 3. The minimum absolute atomic E-state index is 0.180. The zero-order valence-electron chi connectivity index (χ0n) is 16.3. The molecule has 3 aromatic carbocycles. The Hall–Kier alpha value is -3.24. The van der Waals surface area contributed by atoms with Crippen LogP contribution in [0.25, 0.3) is 10.9 Å². The Kier molecular flexibility index (Phi) is 5.28. The number of nitrogens with one attached hydrogen (secondary N) is 1. The molecular weight excluding hydrogens is 384 g/mol. The molecule has 4 aromatic rings. The van der Waals surface area contributed by atoms with Crippen molar-refractivity contribution in [3.8, 4) is 11.5 Å². The number of amides is 1. The van der Waals surface area contributed by atoms with E-state index in [1.807, 2.05) is 91.2 Å². The van der Waals surface area contributed by atoms with Gasteiger partial charge in [-0.1, -0.05) is 41.9 Å². The topological polar surface area (TPSA) is 43.3 Å². The van der Waals surface area contributed by atoms with Gasteiger partial charge < -0.3 is 14.6 Å². The zero-order valence-corrected chi connectivity index (χ0v) is 17.0. The summed E-state index contributed by atoms with van der Waals surface area (Å²) in [6.45, 7) is 4.65. The van der Waals surface area contributed by atoms with E-state index in [1.54, 1.807) is 0 Å². The monoisotopic (exact) mass is 404 g/mol. The normalized spacial score (nSPS) is 10.9. The number of ether oxygens (including phenoxy) is 1. The molecule has 0 aliphatic carbocycles. The molecule has 0 unspecified atom stereocenters. The molecule has 0 fully saturated rings. The van der Waals surface area contributed by atoms with Gasteiger partial charge in [-0.3, -0.25) is 4.79 Å². The van der Waals surface area contributed by atoms with Crippen molar-refractivity contribution in [2.24, 2.45) is 0 Å². The number of para-hydroxylation sites is 3. The van der Waals surface area contributed by atoms with Crippen molar-refractivity contribution in [1.82, 2.24) is 4.57 Å². The van der Waals surface area contributed by atoms with Gasteiger partial charge in [0.05, 0.1) is 5.69 Å². The van der Waals surface area contributed by atoms with Gasteiger partial charge in [0, 0.05) is 22.5 Å². The lowest BCUT2D eigenvalue weighted by Crippen LogP contribution is -2.18. The number of carbonyl (C=O) groups is 1. The molecule has 0 aliphatic rings. The number of carbonyl (C=O) groups excluding carboxylic acids is 1. The number of anilines is 1. The van der Waals surface area contributed by atoms with Crippen molar-refractivity contribution in [2.45, 2.75) is 20.4 Å². The molecule has 4 rings (SSSR count). The summed E-state index contributed by atoms with van der Waals surface area (Å²) in [5.74, 6) is 1.12. The lowest BCUT2D eigenvalue weighted by atomic mass is 10.1. The van der Waals surface area contributed by atoms with Crippen molar-refractivity contribution in [2.75, 3.05) is 5.32 Å². The Balaban J connectivity index is 1.70.